The van der Waals surface area contributed by atoms with Crippen molar-refractivity contribution in [1.29, 1.82) is 0 Å². The van der Waals surface area contributed by atoms with Crippen molar-refractivity contribution in [3.05, 3.63) is 136 Å². The van der Waals surface area contributed by atoms with Gasteiger partial charge in [0.05, 0.1) is 40.8 Å². The summed E-state index contributed by atoms with van der Waals surface area (Å²) in [6.45, 7) is 3.76. The molecule has 0 spiro atoms. The molecule has 6 atom stereocenters. The van der Waals surface area contributed by atoms with Crippen LogP contribution < -0.4 is 14.5 Å². The van der Waals surface area contributed by atoms with Crippen LogP contribution in [0.5, 0.6) is 11.5 Å². The van der Waals surface area contributed by atoms with E-state index in [2.05, 4.69) is 0 Å². The SMILES string of the molecule is COc1cccc(C2C3=CCC4C(=O)N(c5ccc(C(=O)c6ccccc6)cc5)C(=O)C4C3CC3C(=O)N(c4cc(-c5sc6ccc(Cl)cc6c5C)nn4C)C(=O)C32C)c1O. The Bertz CT molecular complexity index is 2920. The minimum atomic E-state index is -1.41. The quantitative estimate of drug-likeness (QED) is 0.0957. The first kappa shape index (κ1) is 38.8. The number of ether oxygens (including phenoxy) is 1. The van der Waals surface area contributed by atoms with E-state index in [0.29, 0.717) is 38.9 Å². The van der Waals surface area contributed by atoms with Crippen LogP contribution >= 0.6 is 22.9 Å². The zero-order valence-electron chi connectivity index (χ0n) is 33.6. The molecule has 1 N–H and O–H groups in total. The maximum Gasteiger partial charge on any atom is 0.242 e. The lowest BCUT2D eigenvalue weighted by molar-refractivity contribution is -0.131. The number of benzene rings is 4. The normalized spacial score (nSPS) is 24.5. The first-order chi connectivity index (χ1) is 29.3. The minimum Gasteiger partial charge on any atom is -0.504 e. The van der Waals surface area contributed by atoms with Gasteiger partial charge in [0.1, 0.15) is 11.5 Å². The number of methoxy groups -OCH3 is 1. The first-order valence-corrected chi connectivity index (χ1v) is 21.3. The van der Waals surface area contributed by atoms with E-state index in [1.54, 1.807) is 103 Å². The number of rotatable bonds is 7. The van der Waals surface area contributed by atoms with Crippen molar-refractivity contribution < 1.29 is 33.8 Å². The number of anilines is 2. The number of aryl methyl sites for hydroxylation is 2. The second-order valence-electron chi connectivity index (χ2n) is 16.5. The highest BCUT2D eigenvalue weighted by atomic mass is 35.5. The molecule has 11 nitrogen and oxygen atoms in total. The van der Waals surface area contributed by atoms with E-state index in [4.69, 9.17) is 21.4 Å². The average molecular weight is 851 g/mol. The largest absolute Gasteiger partial charge is 0.504 e. The van der Waals surface area contributed by atoms with Crippen molar-refractivity contribution in [2.75, 3.05) is 16.9 Å². The molecule has 4 heterocycles. The molecule has 2 aromatic heterocycles. The fraction of sp³-hybridized carbons (Fsp3) is 0.250. The van der Waals surface area contributed by atoms with Gasteiger partial charge >= 0.3 is 0 Å². The summed E-state index contributed by atoms with van der Waals surface area (Å²) in [5.41, 5.74) is 2.58. The molecule has 3 fully saturated rings. The predicted octanol–water partition coefficient (Wildman–Crippen LogP) is 8.64. The average Bonchev–Trinajstić information content (AvgIpc) is 3.94. The topological polar surface area (TPSA) is 139 Å². The second-order valence-corrected chi connectivity index (χ2v) is 18.0. The maximum absolute atomic E-state index is 15.2. The number of fused-ring (bicyclic) bond motifs is 5. The van der Waals surface area contributed by atoms with Crippen molar-refractivity contribution in [2.24, 2.45) is 36.1 Å². The van der Waals surface area contributed by atoms with Gasteiger partial charge in [-0.3, -0.25) is 33.6 Å². The number of ketones is 1. The van der Waals surface area contributed by atoms with Crippen LogP contribution in [0.25, 0.3) is 20.7 Å². The smallest absolute Gasteiger partial charge is 0.242 e. The highest BCUT2D eigenvalue weighted by Crippen LogP contribution is 2.65. The number of aromatic hydroxyl groups is 1. The molecule has 4 amide bonds. The van der Waals surface area contributed by atoms with E-state index < -0.39 is 52.7 Å². The highest BCUT2D eigenvalue weighted by molar-refractivity contribution is 7.22. The van der Waals surface area contributed by atoms with Gasteiger partial charge in [0.2, 0.25) is 23.6 Å². The number of amides is 4. The van der Waals surface area contributed by atoms with E-state index in [9.17, 15) is 19.5 Å². The number of phenolic OH excluding ortho intramolecular Hbond substituents is 1. The number of carbonyl (C=O) groups is 5. The molecule has 2 aliphatic carbocycles. The molecule has 306 valence electrons. The third kappa shape index (κ3) is 5.61. The molecule has 13 heteroatoms. The number of para-hydroxylation sites is 1. The van der Waals surface area contributed by atoms with E-state index in [1.807, 2.05) is 37.3 Å². The van der Waals surface area contributed by atoms with Gasteiger partial charge in [-0.2, -0.15) is 5.10 Å². The third-order valence-electron chi connectivity index (χ3n) is 13.5. The number of thiophene rings is 1. The molecule has 0 bridgehead atoms. The van der Waals surface area contributed by atoms with Gasteiger partial charge in [0.15, 0.2) is 17.3 Å². The molecule has 6 unspecified atom stereocenters. The number of hydrogen-bond acceptors (Lipinski definition) is 9. The molecule has 10 rings (SSSR count). The summed E-state index contributed by atoms with van der Waals surface area (Å²) in [6, 6.07) is 27.9. The third-order valence-corrected chi connectivity index (χ3v) is 15.0. The van der Waals surface area contributed by atoms with Crippen LogP contribution in [0.1, 0.15) is 52.7 Å². The van der Waals surface area contributed by atoms with Crippen LogP contribution in [0.15, 0.2) is 109 Å². The van der Waals surface area contributed by atoms with E-state index >= 15 is 9.59 Å². The first-order valence-electron chi connectivity index (χ1n) is 20.1. The lowest BCUT2D eigenvalue weighted by Crippen LogP contribution is -2.49. The van der Waals surface area contributed by atoms with Crippen LogP contribution in [0, 0.1) is 36.0 Å². The number of allylic oxidation sites excluding steroid dienone is 2. The summed E-state index contributed by atoms with van der Waals surface area (Å²) in [5.74, 6) is -5.44. The molecular formula is C48H39ClN4O7S. The Balaban J connectivity index is 1.04. The fourth-order valence-corrected chi connectivity index (χ4v) is 11.8. The molecule has 1 saturated carbocycles. The lowest BCUT2D eigenvalue weighted by atomic mass is 9.51. The Labute approximate surface area is 359 Å². The maximum atomic E-state index is 15.2. The van der Waals surface area contributed by atoms with Crippen molar-refractivity contribution in [3.63, 3.8) is 0 Å². The molecule has 2 aliphatic heterocycles. The second kappa shape index (κ2) is 14.1. The number of imide groups is 2. The summed E-state index contributed by atoms with van der Waals surface area (Å²) in [4.78, 5) is 75.7. The van der Waals surface area contributed by atoms with Gasteiger partial charge in [0.25, 0.3) is 0 Å². The van der Waals surface area contributed by atoms with Gasteiger partial charge in [-0.05, 0) is 92.1 Å². The minimum absolute atomic E-state index is 0.129. The number of carbonyl (C=O) groups excluding carboxylic acids is 5. The zero-order chi connectivity index (χ0) is 42.6. The molecule has 6 aromatic rings. The molecule has 61 heavy (non-hydrogen) atoms. The predicted molar refractivity (Wildman–Crippen MR) is 232 cm³/mol. The Morgan fingerprint density at radius 2 is 1.62 bits per heavy atom. The standard InChI is InChI=1S/C48H39ClN4O7S/c1-24-32-21-27(49)15-20-37(32)61-43(24)35-23-38(51(3)50-35)53-45(57)34-22-33-29(40(48(34,2)47(53)59)31-11-8-12-36(60-4)42(31)55)18-19-30-39(33)46(58)52(44(30)56)28-16-13-26(14-17-28)41(54)25-9-6-5-7-10-25/h5-18,20-21,23,30,33-34,39-40,55H,19,22H2,1-4H3. The Kier molecular flexibility index (Phi) is 8.97. The van der Waals surface area contributed by atoms with Crippen molar-refractivity contribution in [1.82, 2.24) is 9.78 Å². The van der Waals surface area contributed by atoms with E-state index in [1.165, 1.54) is 16.9 Å². The van der Waals surface area contributed by atoms with Crippen molar-refractivity contribution in [3.8, 4) is 22.1 Å². The summed E-state index contributed by atoms with van der Waals surface area (Å²) >= 11 is 7.88. The summed E-state index contributed by atoms with van der Waals surface area (Å²) in [6.07, 6.45) is 2.29. The summed E-state index contributed by atoms with van der Waals surface area (Å²) < 4.78 is 8.10. The molecular weight excluding hydrogens is 812 g/mol. The Morgan fingerprint density at radius 1 is 0.885 bits per heavy atom. The number of hydrogen-bond donors (Lipinski definition) is 1. The number of phenols is 1. The van der Waals surface area contributed by atoms with Gasteiger partial charge in [-0.25, -0.2) is 4.90 Å². The van der Waals surface area contributed by atoms with Crippen molar-refractivity contribution in [2.45, 2.75) is 32.6 Å². The lowest BCUT2D eigenvalue weighted by Gasteiger charge is -2.49. The van der Waals surface area contributed by atoms with Crippen LogP contribution in [-0.4, -0.2) is 51.4 Å². The highest BCUT2D eigenvalue weighted by Gasteiger charge is 2.68. The van der Waals surface area contributed by atoms with E-state index in [0.717, 1.165) is 26.1 Å². The molecule has 4 aliphatic rings. The number of nitrogens with zero attached hydrogens (tertiary/aromatic N) is 4. The van der Waals surface area contributed by atoms with Gasteiger partial charge in [-0.15, -0.1) is 11.3 Å². The molecule has 4 aromatic carbocycles. The zero-order valence-corrected chi connectivity index (χ0v) is 35.2. The van der Waals surface area contributed by atoms with Crippen LogP contribution in [0.4, 0.5) is 11.5 Å². The Hall–Kier alpha value is -6.37. The molecule has 0 radical (unpaired) electrons. The number of aromatic nitrogens is 2. The van der Waals surface area contributed by atoms with Gasteiger partial charge in [-0.1, -0.05) is 65.7 Å². The number of halogens is 1. The van der Waals surface area contributed by atoms with Crippen molar-refractivity contribution >= 4 is 73.9 Å². The monoisotopic (exact) mass is 850 g/mol. The fourth-order valence-electron chi connectivity index (χ4n) is 10.5. The van der Waals surface area contributed by atoms with E-state index in [-0.39, 0.29) is 36.0 Å². The van der Waals surface area contributed by atoms with Crippen LogP contribution in [-0.2, 0) is 26.2 Å². The Morgan fingerprint density at radius 3 is 2.36 bits per heavy atom. The summed E-state index contributed by atoms with van der Waals surface area (Å²) in [5, 5.41) is 18.2. The summed E-state index contributed by atoms with van der Waals surface area (Å²) in [7, 11) is 3.14. The molecule has 2 saturated heterocycles. The van der Waals surface area contributed by atoms with Crippen LogP contribution in [0.2, 0.25) is 5.02 Å². The van der Waals surface area contributed by atoms with Gasteiger partial charge in [0, 0.05) is 45.4 Å². The van der Waals surface area contributed by atoms with Crippen LogP contribution in [0.3, 0.4) is 0 Å². The van der Waals surface area contributed by atoms with Gasteiger partial charge < -0.3 is 9.84 Å².